The van der Waals surface area contributed by atoms with E-state index in [0.29, 0.717) is 24.0 Å². The van der Waals surface area contributed by atoms with E-state index >= 15 is 0 Å². The third-order valence-corrected chi connectivity index (χ3v) is 4.12. The molecule has 6 heteroatoms. The Bertz CT molecular complexity index is 707. The maximum absolute atomic E-state index is 13.0. The SMILES string of the molecule is CCCC(C(=O)N(C)OC)C1=C(OC)C(=O)c2ccccc2C1=O. The highest BCUT2D eigenvalue weighted by molar-refractivity contribution is 6.27. The van der Waals surface area contributed by atoms with Gasteiger partial charge in [-0.2, -0.15) is 0 Å². The number of allylic oxidation sites excluding steroid dienone is 1. The van der Waals surface area contributed by atoms with Crippen LogP contribution in [0, 0.1) is 5.92 Å². The molecule has 1 unspecified atom stereocenters. The fourth-order valence-corrected chi connectivity index (χ4v) is 2.88. The minimum atomic E-state index is -0.792. The molecule has 2 rings (SSSR count). The predicted octanol–water partition coefficient (Wildman–Crippen LogP) is 2.40. The van der Waals surface area contributed by atoms with E-state index in [4.69, 9.17) is 9.57 Å². The minimum absolute atomic E-state index is 0.0602. The Balaban J connectivity index is 2.61. The number of Topliss-reactive ketones (excluding diaryl/α,β-unsaturated/α-hetero) is 2. The number of nitrogens with zero attached hydrogens (tertiary/aromatic N) is 1. The van der Waals surface area contributed by atoms with Gasteiger partial charge in [-0.25, -0.2) is 5.06 Å². The molecule has 1 aliphatic carbocycles. The second-order valence-corrected chi connectivity index (χ2v) is 5.51. The van der Waals surface area contributed by atoms with Crippen molar-refractivity contribution in [3.05, 3.63) is 46.7 Å². The Labute approximate surface area is 141 Å². The Morgan fingerprint density at radius 3 is 2.21 bits per heavy atom. The topological polar surface area (TPSA) is 72.9 Å². The van der Waals surface area contributed by atoms with Crippen molar-refractivity contribution < 1.29 is 24.0 Å². The number of carbonyl (C=O) groups excluding carboxylic acids is 3. The first kappa shape index (κ1) is 17.9. The van der Waals surface area contributed by atoms with Crippen LogP contribution in [0.3, 0.4) is 0 Å². The monoisotopic (exact) mass is 331 g/mol. The number of ketones is 2. The summed E-state index contributed by atoms with van der Waals surface area (Å²) in [5, 5.41) is 1.07. The maximum Gasteiger partial charge on any atom is 0.253 e. The summed E-state index contributed by atoms with van der Waals surface area (Å²) in [5.41, 5.74) is 0.704. The van der Waals surface area contributed by atoms with E-state index in [2.05, 4.69) is 0 Å². The highest BCUT2D eigenvalue weighted by Crippen LogP contribution is 2.33. The van der Waals surface area contributed by atoms with Gasteiger partial charge in [-0.3, -0.25) is 19.2 Å². The van der Waals surface area contributed by atoms with Crippen LogP contribution in [0.2, 0.25) is 0 Å². The second kappa shape index (κ2) is 7.40. The number of hydrogen-bond acceptors (Lipinski definition) is 5. The lowest BCUT2D eigenvalue weighted by atomic mass is 9.80. The second-order valence-electron chi connectivity index (χ2n) is 5.51. The van der Waals surface area contributed by atoms with E-state index in [1.807, 2.05) is 6.92 Å². The molecule has 0 aromatic heterocycles. The summed E-state index contributed by atoms with van der Waals surface area (Å²) in [7, 11) is 4.18. The molecule has 1 aromatic rings. The Kier molecular flexibility index (Phi) is 5.51. The van der Waals surface area contributed by atoms with Crippen molar-refractivity contribution in [3.63, 3.8) is 0 Å². The highest BCUT2D eigenvalue weighted by atomic mass is 16.7. The summed E-state index contributed by atoms with van der Waals surface area (Å²) in [6, 6.07) is 6.56. The number of methoxy groups -OCH3 is 1. The Morgan fingerprint density at radius 1 is 1.12 bits per heavy atom. The van der Waals surface area contributed by atoms with Gasteiger partial charge < -0.3 is 4.74 Å². The molecule has 1 aromatic carbocycles. The van der Waals surface area contributed by atoms with Crippen molar-refractivity contribution in [1.29, 1.82) is 0 Å². The van der Waals surface area contributed by atoms with E-state index in [1.54, 1.807) is 24.3 Å². The zero-order valence-electron chi connectivity index (χ0n) is 14.3. The van der Waals surface area contributed by atoms with Crippen molar-refractivity contribution >= 4 is 17.5 Å². The molecule has 0 aliphatic heterocycles. The smallest absolute Gasteiger partial charge is 0.253 e. The van der Waals surface area contributed by atoms with Crippen LogP contribution in [0.5, 0.6) is 0 Å². The van der Waals surface area contributed by atoms with Crippen molar-refractivity contribution in [2.24, 2.45) is 5.92 Å². The normalized spacial score (nSPS) is 15.2. The lowest BCUT2D eigenvalue weighted by molar-refractivity contribution is -0.172. The molecule has 1 atom stereocenters. The van der Waals surface area contributed by atoms with Gasteiger partial charge in [0.05, 0.1) is 25.7 Å². The average Bonchev–Trinajstić information content (AvgIpc) is 2.61. The van der Waals surface area contributed by atoms with Crippen molar-refractivity contribution in [1.82, 2.24) is 5.06 Å². The molecule has 0 spiro atoms. The number of ether oxygens (including phenoxy) is 1. The summed E-state index contributed by atoms with van der Waals surface area (Å²) in [6.07, 6.45) is 1.08. The number of amides is 1. The molecule has 0 radical (unpaired) electrons. The maximum atomic E-state index is 13.0. The average molecular weight is 331 g/mol. The van der Waals surface area contributed by atoms with Gasteiger partial charge in [-0.05, 0) is 6.42 Å². The standard InChI is InChI=1S/C18H21NO5/c1-5-8-13(18(22)19(2)24-4)14-15(20)11-9-6-7-10-12(11)16(21)17(14)23-3/h6-7,9-10,13H,5,8H2,1-4H3. The van der Waals surface area contributed by atoms with Gasteiger partial charge in [0.2, 0.25) is 5.78 Å². The molecule has 24 heavy (non-hydrogen) atoms. The van der Waals surface area contributed by atoms with Gasteiger partial charge in [0.1, 0.15) is 0 Å². The number of carbonyl (C=O) groups is 3. The van der Waals surface area contributed by atoms with E-state index in [1.165, 1.54) is 21.3 Å². The number of hydroxylamine groups is 2. The summed E-state index contributed by atoms with van der Waals surface area (Å²) >= 11 is 0. The van der Waals surface area contributed by atoms with E-state index in [-0.39, 0.29) is 28.8 Å². The number of fused-ring (bicyclic) bond motifs is 1. The van der Waals surface area contributed by atoms with Crippen molar-refractivity contribution in [2.45, 2.75) is 19.8 Å². The third-order valence-electron chi connectivity index (χ3n) is 4.12. The van der Waals surface area contributed by atoms with Crippen LogP contribution in [-0.4, -0.2) is 43.8 Å². The van der Waals surface area contributed by atoms with Crippen LogP contribution >= 0.6 is 0 Å². The molecule has 0 N–H and O–H groups in total. The van der Waals surface area contributed by atoms with Gasteiger partial charge in [-0.15, -0.1) is 0 Å². The van der Waals surface area contributed by atoms with Crippen molar-refractivity contribution in [3.8, 4) is 0 Å². The zero-order valence-corrected chi connectivity index (χ0v) is 14.3. The first-order chi connectivity index (χ1) is 11.5. The van der Waals surface area contributed by atoms with Crippen LogP contribution in [-0.2, 0) is 14.4 Å². The quantitative estimate of drug-likeness (QED) is 0.749. The molecule has 0 bridgehead atoms. The molecule has 0 heterocycles. The van der Waals surface area contributed by atoms with Crippen LogP contribution in [0.15, 0.2) is 35.6 Å². The predicted molar refractivity (Wildman–Crippen MR) is 87.3 cm³/mol. The Hall–Kier alpha value is -2.47. The molecular weight excluding hydrogens is 310 g/mol. The molecule has 128 valence electrons. The summed E-state index contributed by atoms with van der Waals surface area (Å²) in [5.74, 6) is -1.96. The third kappa shape index (κ3) is 2.97. The van der Waals surface area contributed by atoms with Gasteiger partial charge in [0.25, 0.3) is 5.91 Å². The van der Waals surface area contributed by atoms with Crippen LogP contribution in [0.1, 0.15) is 40.5 Å². The van der Waals surface area contributed by atoms with Crippen LogP contribution in [0.25, 0.3) is 0 Å². The fraction of sp³-hybridized carbons (Fsp3) is 0.389. The number of hydrogen-bond donors (Lipinski definition) is 0. The summed E-state index contributed by atoms with van der Waals surface area (Å²) in [4.78, 5) is 43.2. The minimum Gasteiger partial charge on any atom is -0.492 e. The lowest BCUT2D eigenvalue weighted by Gasteiger charge is -2.27. The van der Waals surface area contributed by atoms with E-state index in [9.17, 15) is 14.4 Å². The van der Waals surface area contributed by atoms with Crippen LogP contribution in [0.4, 0.5) is 0 Å². The van der Waals surface area contributed by atoms with Gasteiger partial charge in [-0.1, -0.05) is 37.6 Å². The van der Waals surface area contributed by atoms with Crippen LogP contribution < -0.4 is 0 Å². The molecule has 1 aliphatic rings. The van der Waals surface area contributed by atoms with Crippen molar-refractivity contribution in [2.75, 3.05) is 21.3 Å². The lowest BCUT2D eigenvalue weighted by Crippen LogP contribution is -2.37. The largest absolute Gasteiger partial charge is 0.492 e. The first-order valence-corrected chi connectivity index (χ1v) is 7.76. The molecule has 0 saturated heterocycles. The first-order valence-electron chi connectivity index (χ1n) is 7.76. The molecule has 6 nitrogen and oxygen atoms in total. The van der Waals surface area contributed by atoms with Gasteiger partial charge in [0.15, 0.2) is 11.5 Å². The zero-order chi connectivity index (χ0) is 17.9. The Morgan fingerprint density at radius 2 is 1.71 bits per heavy atom. The highest BCUT2D eigenvalue weighted by Gasteiger charge is 2.40. The summed E-state index contributed by atoms with van der Waals surface area (Å²) < 4.78 is 5.23. The summed E-state index contributed by atoms with van der Waals surface area (Å²) in [6.45, 7) is 1.91. The number of benzene rings is 1. The van der Waals surface area contributed by atoms with Gasteiger partial charge in [0, 0.05) is 18.2 Å². The van der Waals surface area contributed by atoms with Gasteiger partial charge >= 0.3 is 0 Å². The molecule has 1 amide bonds. The number of rotatable bonds is 6. The van der Waals surface area contributed by atoms with E-state index < -0.39 is 5.92 Å². The molecule has 0 saturated carbocycles. The molecule has 0 fully saturated rings. The molecular formula is C18H21NO5. The fourth-order valence-electron chi connectivity index (χ4n) is 2.88. The van der Waals surface area contributed by atoms with E-state index in [0.717, 1.165) is 5.06 Å².